The summed E-state index contributed by atoms with van der Waals surface area (Å²) >= 11 is 5.47. The Bertz CT molecular complexity index is 820. The van der Waals surface area contributed by atoms with E-state index in [1.54, 1.807) is 0 Å². The number of piperidine rings is 1. The van der Waals surface area contributed by atoms with Crippen molar-refractivity contribution in [1.82, 2.24) is 10.3 Å². The van der Waals surface area contributed by atoms with Gasteiger partial charge in [-0.3, -0.25) is 0 Å². The van der Waals surface area contributed by atoms with Crippen LogP contribution in [0.25, 0.3) is 0 Å². The fourth-order valence-electron chi connectivity index (χ4n) is 4.65. The Morgan fingerprint density at radius 2 is 1.70 bits per heavy atom. The Morgan fingerprint density at radius 3 is 2.33 bits per heavy atom. The van der Waals surface area contributed by atoms with Gasteiger partial charge in [0.25, 0.3) is 0 Å². The second kappa shape index (κ2) is 9.65. The summed E-state index contributed by atoms with van der Waals surface area (Å²) < 4.78 is 0. The number of anilines is 3. The smallest absolute Gasteiger partial charge is 0.171 e. The van der Waals surface area contributed by atoms with E-state index in [9.17, 15) is 0 Å². The van der Waals surface area contributed by atoms with Crippen LogP contribution in [-0.4, -0.2) is 36.3 Å². The highest BCUT2D eigenvalue weighted by Gasteiger charge is 2.22. The van der Waals surface area contributed by atoms with Crippen LogP contribution in [0.15, 0.2) is 42.6 Å². The van der Waals surface area contributed by atoms with E-state index in [0.717, 1.165) is 36.4 Å². The van der Waals surface area contributed by atoms with Crippen molar-refractivity contribution in [2.75, 3.05) is 41.3 Å². The van der Waals surface area contributed by atoms with Crippen molar-refractivity contribution in [3.8, 4) is 0 Å². The molecule has 1 aromatic carbocycles. The topological polar surface area (TPSA) is 43.4 Å². The lowest BCUT2D eigenvalue weighted by Crippen LogP contribution is -2.39. The second-order valence-electron chi connectivity index (χ2n) is 8.92. The highest BCUT2D eigenvalue weighted by Crippen LogP contribution is 2.25. The monoisotopic (exact) mass is 423 g/mol. The lowest BCUT2D eigenvalue weighted by molar-refractivity contribution is 0.355. The van der Waals surface area contributed by atoms with Crippen LogP contribution in [0.5, 0.6) is 0 Å². The number of rotatable bonds is 5. The minimum Gasteiger partial charge on any atom is -0.372 e. The van der Waals surface area contributed by atoms with Gasteiger partial charge >= 0.3 is 0 Å². The molecule has 2 aliphatic rings. The molecular weight excluding hydrogens is 390 g/mol. The largest absolute Gasteiger partial charge is 0.372 e. The molecule has 3 heterocycles. The lowest BCUT2D eigenvalue weighted by atomic mass is 9.92. The van der Waals surface area contributed by atoms with Crippen molar-refractivity contribution in [1.29, 1.82) is 0 Å². The van der Waals surface area contributed by atoms with Crippen molar-refractivity contribution in [3.05, 3.63) is 48.2 Å². The molecular formula is C24H33N5S. The fraction of sp³-hybridized carbons (Fsp3) is 0.500. The van der Waals surface area contributed by atoms with Gasteiger partial charge in [-0.25, -0.2) is 4.98 Å². The number of aromatic nitrogens is 1. The number of hydrogen-bond donors (Lipinski definition) is 2. The first-order valence-electron chi connectivity index (χ1n) is 11.2. The van der Waals surface area contributed by atoms with Crippen LogP contribution in [0, 0.1) is 11.8 Å². The molecule has 5 nitrogen and oxygen atoms in total. The summed E-state index contributed by atoms with van der Waals surface area (Å²) in [6, 6.07) is 12.9. The first kappa shape index (κ1) is 20.9. The standard InChI is InChI=1S/C24H33N5S/c1-18-13-19(2)17-29(16-18)23-10-7-21(15-25-23)27-24(30)26-14-20-5-8-22(9-6-20)28-11-3-4-12-28/h5-10,15,18-19H,3-4,11-14,16-17H2,1-2H3,(H2,26,27,30)/t18-,19+. The average molecular weight is 424 g/mol. The zero-order valence-corrected chi connectivity index (χ0v) is 18.9. The second-order valence-corrected chi connectivity index (χ2v) is 9.33. The summed E-state index contributed by atoms with van der Waals surface area (Å²) in [5, 5.41) is 7.16. The summed E-state index contributed by atoms with van der Waals surface area (Å²) in [5.41, 5.74) is 3.46. The van der Waals surface area contributed by atoms with E-state index in [-0.39, 0.29) is 0 Å². The quantitative estimate of drug-likeness (QED) is 0.683. The van der Waals surface area contributed by atoms with Gasteiger partial charge in [0.1, 0.15) is 5.82 Å². The molecule has 2 aromatic rings. The van der Waals surface area contributed by atoms with Gasteiger partial charge in [-0.05, 0) is 73.1 Å². The number of nitrogens with zero attached hydrogens (tertiary/aromatic N) is 3. The summed E-state index contributed by atoms with van der Waals surface area (Å²) in [4.78, 5) is 9.50. The first-order chi connectivity index (χ1) is 14.6. The van der Waals surface area contributed by atoms with Crippen LogP contribution < -0.4 is 20.4 Å². The maximum absolute atomic E-state index is 5.47. The third-order valence-electron chi connectivity index (χ3n) is 6.06. The van der Waals surface area contributed by atoms with Gasteiger partial charge in [-0.15, -0.1) is 0 Å². The average Bonchev–Trinajstić information content (AvgIpc) is 3.27. The molecule has 2 saturated heterocycles. The Kier molecular flexibility index (Phi) is 6.72. The molecule has 1 aromatic heterocycles. The Balaban J connectivity index is 1.25. The zero-order valence-electron chi connectivity index (χ0n) is 18.1. The van der Waals surface area contributed by atoms with Gasteiger partial charge in [0, 0.05) is 38.4 Å². The molecule has 4 rings (SSSR count). The molecule has 0 amide bonds. The Morgan fingerprint density at radius 1 is 1.00 bits per heavy atom. The Hall–Kier alpha value is -2.34. The van der Waals surface area contributed by atoms with Crippen molar-refractivity contribution in [2.45, 2.75) is 39.7 Å². The maximum atomic E-state index is 5.47. The molecule has 2 atom stereocenters. The summed E-state index contributed by atoms with van der Waals surface area (Å²) in [7, 11) is 0. The number of pyridine rings is 1. The van der Waals surface area contributed by atoms with Gasteiger partial charge in [-0.2, -0.15) is 0 Å². The van der Waals surface area contributed by atoms with E-state index in [1.807, 2.05) is 6.20 Å². The van der Waals surface area contributed by atoms with Gasteiger partial charge in [-0.1, -0.05) is 26.0 Å². The minimum atomic E-state index is 0.619. The third-order valence-corrected chi connectivity index (χ3v) is 6.31. The fourth-order valence-corrected chi connectivity index (χ4v) is 4.84. The van der Waals surface area contributed by atoms with Crippen molar-refractivity contribution in [2.24, 2.45) is 11.8 Å². The molecule has 160 valence electrons. The molecule has 30 heavy (non-hydrogen) atoms. The molecule has 0 spiro atoms. The highest BCUT2D eigenvalue weighted by atomic mass is 32.1. The minimum absolute atomic E-state index is 0.619. The van der Waals surface area contributed by atoms with E-state index >= 15 is 0 Å². The summed E-state index contributed by atoms with van der Waals surface area (Å²) in [6.45, 7) is 9.87. The zero-order chi connectivity index (χ0) is 20.9. The molecule has 0 aliphatic carbocycles. The molecule has 0 unspecified atom stereocenters. The van der Waals surface area contributed by atoms with Gasteiger partial charge in [0.2, 0.25) is 0 Å². The van der Waals surface area contributed by atoms with Gasteiger partial charge in [0.05, 0.1) is 11.9 Å². The Labute approximate surface area is 185 Å². The van der Waals surface area contributed by atoms with E-state index < -0.39 is 0 Å². The van der Waals surface area contributed by atoms with Crippen LogP contribution in [-0.2, 0) is 6.54 Å². The van der Waals surface area contributed by atoms with E-state index in [4.69, 9.17) is 12.2 Å². The SMILES string of the molecule is C[C@@H]1C[C@H](C)CN(c2ccc(NC(=S)NCc3ccc(N4CCCC4)cc3)cn2)C1. The highest BCUT2D eigenvalue weighted by molar-refractivity contribution is 7.80. The molecule has 2 fully saturated rings. The molecule has 0 bridgehead atoms. The van der Waals surface area contributed by atoms with Crippen LogP contribution in [0.3, 0.4) is 0 Å². The lowest BCUT2D eigenvalue weighted by Gasteiger charge is -2.35. The first-order valence-corrected chi connectivity index (χ1v) is 11.6. The third kappa shape index (κ3) is 5.42. The molecule has 6 heteroatoms. The number of hydrogen-bond acceptors (Lipinski definition) is 4. The predicted octanol–water partition coefficient (Wildman–Crippen LogP) is 4.65. The van der Waals surface area contributed by atoms with Crippen molar-refractivity contribution in [3.63, 3.8) is 0 Å². The number of benzene rings is 1. The number of thiocarbonyl (C=S) groups is 1. The molecule has 2 aliphatic heterocycles. The van der Waals surface area contributed by atoms with E-state index in [1.165, 1.54) is 43.6 Å². The summed E-state index contributed by atoms with van der Waals surface area (Å²) in [5.74, 6) is 2.49. The maximum Gasteiger partial charge on any atom is 0.171 e. The van der Waals surface area contributed by atoms with Crippen LogP contribution in [0.4, 0.5) is 17.2 Å². The van der Waals surface area contributed by atoms with E-state index in [2.05, 4.69) is 75.7 Å². The normalized spacial score (nSPS) is 21.5. The number of nitrogens with one attached hydrogen (secondary N) is 2. The van der Waals surface area contributed by atoms with Crippen LogP contribution in [0.2, 0.25) is 0 Å². The van der Waals surface area contributed by atoms with Gasteiger partial charge < -0.3 is 20.4 Å². The molecule has 0 saturated carbocycles. The van der Waals surface area contributed by atoms with Crippen LogP contribution in [0.1, 0.15) is 38.7 Å². The van der Waals surface area contributed by atoms with Gasteiger partial charge in [0.15, 0.2) is 5.11 Å². The molecule has 0 radical (unpaired) electrons. The van der Waals surface area contributed by atoms with E-state index in [0.29, 0.717) is 11.7 Å². The molecule has 2 N–H and O–H groups in total. The van der Waals surface area contributed by atoms with Crippen molar-refractivity contribution >= 4 is 34.5 Å². The van der Waals surface area contributed by atoms with Crippen molar-refractivity contribution < 1.29 is 0 Å². The predicted molar refractivity (Wildman–Crippen MR) is 130 cm³/mol. The summed E-state index contributed by atoms with van der Waals surface area (Å²) in [6.07, 6.45) is 5.78. The van der Waals surface area contributed by atoms with Crippen LogP contribution >= 0.6 is 12.2 Å².